The molecule has 0 spiro atoms. The van der Waals surface area contributed by atoms with Gasteiger partial charge in [0.1, 0.15) is 0 Å². The normalized spacial score (nSPS) is 22.6. The molecule has 88 valence electrons. The topological polar surface area (TPSA) is 45.0 Å². The van der Waals surface area contributed by atoms with Crippen LogP contribution in [0.4, 0.5) is 5.69 Å². The molecule has 17 heavy (non-hydrogen) atoms. The molecule has 0 amide bonds. The van der Waals surface area contributed by atoms with Crippen molar-refractivity contribution in [2.24, 2.45) is 0 Å². The molecule has 0 unspecified atom stereocenters. The van der Waals surface area contributed by atoms with Crippen LogP contribution in [0.1, 0.15) is 42.1 Å². The van der Waals surface area contributed by atoms with E-state index >= 15 is 0 Å². The fraction of sp³-hybridized carbons (Fsp3) is 0.500. The fourth-order valence-corrected chi connectivity index (χ4v) is 2.86. The third kappa shape index (κ3) is 1.79. The first-order valence-corrected chi connectivity index (χ1v) is 6.31. The predicted octanol–water partition coefficient (Wildman–Crippen LogP) is 2.77. The number of hydrogen-bond acceptors (Lipinski definition) is 3. The average molecular weight is 228 g/mol. The van der Waals surface area contributed by atoms with Crippen LogP contribution in [-0.2, 0) is 11.2 Å². The van der Waals surface area contributed by atoms with Gasteiger partial charge in [-0.15, -0.1) is 0 Å². The lowest BCUT2D eigenvalue weighted by Crippen LogP contribution is -2.16. The Morgan fingerprint density at radius 3 is 3.06 bits per heavy atom. The molecule has 3 heteroatoms. The maximum Gasteiger partial charge on any atom is 0.0995 e. The molecule has 1 atom stereocenters. The minimum atomic E-state index is 0.138. The molecule has 0 radical (unpaired) electrons. The molecule has 2 aliphatic rings. The molecule has 0 saturated carbocycles. The van der Waals surface area contributed by atoms with E-state index in [2.05, 4.69) is 11.4 Å². The second kappa shape index (κ2) is 4.38. The molecule has 0 aliphatic carbocycles. The number of anilines is 1. The molecule has 1 aromatic rings. The van der Waals surface area contributed by atoms with Gasteiger partial charge in [-0.2, -0.15) is 5.26 Å². The summed E-state index contributed by atoms with van der Waals surface area (Å²) in [7, 11) is 0. The maximum absolute atomic E-state index is 9.25. The van der Waals surface area contributed by atoms with Gasteiger partial charge >= 0.3 is 0 Å². The smallest absolute Gasteiger partial charge is 0.0995 e. The van der Waals surface area contributed by atoms with Gasteiger partial charge in [-0.3, -0.25) is 0 Å². The molecule has 1 saturated heterocycles. The van der Waals surface area contributed by atoms with Crippen LogP contribution >= 0.6 is 0 Å². The molecule has 2 aliphatic heterocycles. The molecule has 3 nitrogen and oxygen atoms in total. The zero-order valence-corrected chi connectivity index (χ0v) is 9.83. The highest BCUT2D eigenvalue weighted by Crippen LogP contribution is 2.37. The molecule has 1 N–H and O–H groups in total. The van der Waals surface area contributed by atoms with Gasteiger partial charge in [-0.1, -0.05) is 0 Å². The Hall–Kier alpha value is -1.53. The summed E-state index contributed by atoms with van der Waals surface area (Å²) in [5.74, 6) is 0. The van der Waals surface area contributed by atoms with E-state index in [9.17, 15) is 5.26 Å². The number of hydrogen-bond donors (Lipinski definition) is 1. The van der Waals surface area contributed by atoms with Gasteiger partial charge in [0.05, 0.1) is 17.7 Å². The first-order valence-electron chi connectivity index (χ1n) is 6.31. The molecule has 0 bridgehead atoms. The lowest BCUT2D eigenvalue weighted by atomic mass is 9.90. The molecule has 0 aromatic heterocycles. The van der Waals surface area contributed by atoms with Crippen LogP contribution < -0.4 is 5.32 Å². The minimum Gasteiger partial charge on any atom is -0.385 e. The van der Waals surface area contributed by atoms with Crippen molar-refractivity contribution in [1.82, 2.24) is 0 Å². The van der Waals surface area contributed by atoms with Crippen molar-refractivity contribution in [3.05, 3.63) is 28.8 Å². The second-order valence-electron chi connectivity index (χ2n) is 4.70. The minimum absolute atomic E-state index is 0.138. The van der Waals surface area contributed by atoms with E-state index in [1.165, 1.54) is 11.3 Å². The lowest BCUT2D eigenvalue weighted by Gasteiger charge is -2.24. The first-order chi connectivity index (χ1) is 8.40. The molecular formula is C14H16N2O. The van der Waals surface area contributed by atoms with Crippen molar-refractivity contribution in [3.63, 3.8) is 0 Å². The number of benzene rings is 1. The van der Waals surface area contributed by atoms with E-state index in [-0.39, 0.29) is 6.10 Å². The Balaban J connectivity index is 2.11. The van der Waals surface area contributed by atoms with Crippen LogP contribution in [0, 0.1) is 11.3 Å². The SMILES string of the molecule is N#Cc1ccc2c(c1[C@@H]1CCCO1)CCCN2. The summed E-state index contributed by atoms with van der Waals surface area (Å²) < 4.78 is 5.77. The first kappa shape index (κ1) is 10.6. The number of nitrogens with one attached hydrogen (secondary N) is 1. The van der Waals surface area contributed by atoms with Crippen molar-refractivity contribution in [2.45, 2.75) is 31.8 Å². The number of ether oxygens (including phenoxy) is 1. The summed E-state index contributed by atoms with van der Waals surface area (Å²) >= 11 is 0. The molecule has 2 heterocycles. The zero-order chi connectivity index (χ0) is 11.7. The van der Waals surface area contributed by atoms with Crippen molar-refractivity contribution < 1.29 is 4.74 Å². The summed E-state index contributed by atoms with van der Waals surface area (Å²) in [6.07, 6.45) is 4.49. The number of rotatable bonds is 1. The van der Waals surface area contributed by atoms with Crippen LogP contribution in [0.15, 0.2) is 12.1 Å². The Labute approximate surface area is 101 Å². The number of nitriles is 1. The third-order valence-electron chi connectivity index (χ3n) is 3.65. The summed E-state index contributed by atoms with van der Waals surface area (Å²) in [6.45, 7) is 1.86. The standard InChI is InChI=1S/C14H16N2O/c15-9-10-5-6-12-11(3-1-7-16-12)14(10)13-4-2-8-17-13/h5-6,13,16H,1-4,7-8H2/t13-/m0/s1. The highest BCUT2D eigenvalue weighted by molar-refractivity contribution is 5.61. The van der Waals surface area contributed by atoms with Gasteiger partial charge < -0.3 is 10.1 Å². The van der Waals surface area contributed by atoms with Gasteiger partial charge in [0.2, 0.25) is 0 Å². The van der Waals surface area contributed by atoms with Crippen molar-refractivity contribution in [1.29, 1.82) is 5.26 Å². The van der Waals surface area contributed by atoms with Gasteiger partial charge in [0.25, 0.3) is 0 Å². The van der Waals surface area contributed by atoms with Crippen molar-refractivity contribution in [3.8, 4) is 6.07 Å². The van der Waals surface area contributed by atoms with Gasteiger partial charge in [-0.25, -0.2) is 0 Å². The summed E-state index contributed by atoms with van der Waals surface area (Å²) in [6, 6.07) is 6.27. The largest absolute Gasteiger partial charge is 0.385 e. The van der Waals surface area contributed by atoms with Crippen molar-refractivity contribution in [2.75, 3.05) is 18.5 Å². The van der Waals surface area contributed by atoms with Crippen LogP contribution in [0.3, 0.4) is 0 Å². The zero-order valence-electron chi connectivity index (χ0n) is 9.83. The highest BCUT2D eigenvalue weighted by Gasteiger charge is 2.26. The highest BCUT2D eigenvalue weighted by atomic mass is 16.5. The Kier molecular flexibility index (Phi) is 2.74. The Bertz CT molecular complexity index is 470. The van der Waals surface area contributed by atoms with Gasteiger partial charge in [0.15, 0.2) is 0 Å². The Morgan fingerprint density at radius 1 is 1.35 bits per heavy atom. The number of nitrogens with zero attached hydrogens (tertiary/aromatic N) is 1. The van der Waals surface area contributed by atoms with E-state index in [0.29, 0.717) is 0 Å². The van der Waals surface area contributed by atoms with Gasteiger partial charge in [0, 0.05) is 24.4 Å². The summed E-state index contributed by atoms with van der Waals surface area (Å²) in [5, 5.41) is 12.7. The molecular weight excluding hydrogens is 212 g/mol. The van der Waals surface area contributed by atoms with Crippen LogP contribution in [0.5, 0.6) is 0 Å². The van der Waals surface area contributed by atoms with E-state index < -0.39 is 0 Å². The van der Waals surface area contributed by atoms with Crippen LogP contribution in [0.2, 0.25) is 0 Å². The fourth-order valence-electron chi connectivity index (χ4n) is 2.86. The quantitative estimate of drug-likeness (QED) is 0.803. The van der Waals surface area contributed by atoms with Crippen LogP contribution in [-0.4, -0.2) is 13.2 Å². The number of fused-ring (bicyclic) bond motifs is 1. The van der Waals surface area contributed by atoms with E-state index in [1.807, 2.05) is 12.1 Å². The molecule has 1 aromatic carbocycles. The maximum atomic E-state index is 9.25. The average Bonchev–Trinajstić information content (AvgIpc) is 2.91. The van der Waals surface area contributed by atoms with E-state index in [4.69, 9.17) is 4.74 Å². The predicted molar refractivity (Wildman–Crippen MR) is 65.9 cm³/mol. The monoisotopic (exact) mass is 228 g/mol. The lowest BCUT2D eigenvalue weighted by molar-refractivity contribution is 0.111. The Morgan fingerprint density at radius 2 is 2.29 bits per heavy atom. The second-order valence-corrected chi connectivity index (χ2v) is 4.70. The summed E-state index contributed by atoms with van der Waals surface area (Å²) in [5.41, 5.74) is 4.44. The van der Waals surface area contributed by atoms with Crippen LogP contribution in [0.25, 0.3) is 0 Å². The molecule has 3 rings (SSSR count). The summed E-state index contributed by atoms with van der Waals surface area (Å²) in [4.78, 5) is 0. The third-order valence-corrected chi connectivity index (χ3v) is 3.65. The van der Waals surface area contributed by atoms with E-state index in [1.54, 1.807) is 0 Å². The molecule has 1 fully saturated rings. The van der Waals surface area contributed by atoms with Crippen molar-refractivity contribution >= 4 is 5.69 Å². The van der Waals surface area contributed by atoms with Gasteiger partial charge in [-0.05, 0) is 43.4 Å². The van der Waals surface area contributed by atoms with E-state index in [0.717, 1.165) is 50.0 Å².